The third-order valence-electron chi connectivity index (χ3n) is 7.78. The zero-order valence-corrected chi connectivity index (χ0v) is 18.6. The van der Waals surface area contributed by atoms with Gasteiger partial charge in [0.1, 0.15) is 0 Å². The van der Waals surface area contributed by atoms with Crippen LogP contribution in [0, 0.1) is 0 Å². The second kappa shape index (κ2) is 8.70. The van der Waals surface area contributed by atoms with Crippen LogP contribution in [0.25, 0.3) is 0 Å². The van der Waals surface area contributed by atoms with Gasteiger partial charge in [-0.15, -0.1) is 0 Å². The van der Waals surface area contributed by atoms with E-state index in [1.807, 2.05) is 29.2 Å². The molecule has 0 bridgehead atoms. The van der Waals surface area contributed by atoms with Gasteiger partial charge < -0.3 is 15.0 Å². The van der Waals surface area contributed by atoms with Crippen LogP contribution in [0.2, 0.25) is 0 Å². The highest BCUT2D eigenvalue weighted by Gasteiger charge is 2.53. The predicted octanol–water partition coefficient (Wildman–Crippen LogP) is 3.79. The second-order valence-electron chi connectivity index (χ2n) is 9.62. The number of ether oxygens (including phenoxy) is 1. The summed E-state index contributed by atoms with van der Waals surface area (Å²) in [7, 11) is 0. The summed E-state index contributed by atoms with van der Waals surface area (Å²) in [5, 5.41) is 3.39. The van der Waals surface area contributed by atoms with Crippen molar-refractivity contribution in [2.75, 3.05) is 26.3 Å². The number of carbonyl (C=O) groups excluding carboxylic acids is 2. The van der Waals surface area contributed by atoms with Crippen LogP contribution in [0.15, 0.2) is 60.7 Å². The van der Waals surface area contributed by atoms with Gasteiger partial charge in [-0.05, 0) is 36.8 Å². The maximum atomic E-state index is 14.3. The van der Waals surface area contributed by atoms with Crippen LogP contribution >= 0.6 is 0 Å². The van der Waals surface area contributed by atoms with Crippen LogP contribution in [0.1, 0.15) is 55.6 Å². The van der Waals surface area contributed by atoms with E-state index in [1.54, 1.807) is 0 Å². The van der Waals surface area contributed by atoms with Crippen LogP contribution in [-0.2, 0) is 19.7 Å². The molecule has 3 saturated heterocycles. The molecular weight excluding hydrogens is 400 g/mol. The molecule has 5 nitrogen and oxygen atoms in total. The Kier molecular flexibility index (Phi) is 5.76. The number of hydrogen-bond donors (Lipinski definition) is 1. The Hall–Kier alpha value is -2.66. The van der Waals surface area contributed by atoms with Crippen molar-refractivity contribution < 1.29 is 14.3 Å². The summed E-state index contributed by atoms with van der Waals surface area (Å²) in [6.45, 7) is 2.40. The molecule has 1 N–H and O–H groups in total. The lowest BCUT2D eigenvalue weighted by atomic mass is 9.73. The van der Waals surface area contributed by atoms with Crippen LogP contribution in [-0.4, -0.2) is 48.6 Å². The monoisotopic (exact) mass is 432 g/mol. The number of likely N-dealkylation sites (tertiary alicyclic amines) is 1. The summed E-state index contributed by atoms with van der Waals surface area (Å²) in [5.41, 5.74) is 1.33. The highest BCUT2D eigenvalue weighted by molar-refractivity contribution is 5.89. The van der Waals surface area contributed by atoms with Gasteiger partial charge in [-0.2, -0.15) is 0 Å². The lowest BCUT2D eigenvalue weighted by Crippen LogP contribution is -2.54. The average molecular weight is 433 g/mol. The first-order valence-corrected chi connectivity index (χ1v) is 11.9. The van der Waals surface area contributed by atoms with Crippen LogP contribution in [0.5, 0.6) is 0 Å². The molecule has 0 aromatic heterocycles. The Morgan fingerprint density at radius 1 is 0.938 bits per heavy atom. The first kappa shape index (κ1) is 21.2. The highest BCUT2D eigenvalue weighted by atomic mass is 16.5. The number of benzene rings is 2. The topological polar surface area (TPSA) is 58.6 Å². The van der Waals surface area contributed by atoms with Gasteiger partial charge >= 0.3 is 0 Å². The molecule has 2 amide bonds. The lowest BCUT2D eigenvalue weighted by molar-refractivity contribution is -0.140. The molecule has 0 aliphatic carbocycles. The summed E-state index contributed by atoms with van der Waals surface area (Å²) in [4.78, 5) is 28.9. The van der Waals surface area contributed by atoms with Gasteiger partial charge in [0.2, 0.25) is 11.8 Å². The maximum absolute atomic E-state index is 14.3. The van der Waals surface area contributed by atoms with Crippen molar-refractivity contribution in [2.24, 2.45) is 0 Å². The number of nitrogens with zero attached hydrogens (tertiary/aromatic N) is 1. The first-order chi connectivity index (χ1) is 15.6. The van der Waals surface area contributed by atoms with E-state index in [4.69, 9.17) is 4.74 Å². The van der Waals surface area contributed by atoms with Crippen molar-refractivity contribution in [3.63, 3.8) is 0 Å². The second-order valence-corrected chi connectivity index (χ2v) is 9.62. The van der Waals surface area contributed by atoms with Gasteiger partial charge in [0.05, 0.1) is 11.0 Å². The third kappa shape index (κ3) is 3.73. The molecule has 5 heteroatoms. The van der Waals surface area contributed by atoms with Crippen molar-refractivity contribution in [3.8, 4) is 0 Å². The standard InChI is InChI=1S/C27H32N2O3/c30-24-13-7-8-14-27(28-24)20-29(19-23(27)21-9-3-1-4-10-21)25(31)26(15-17-32-18-16-26)22-11-5-2-6-12-22/h1-6,9-12,23H,7-8,13-20H2,(H,28,30)/t23-,27+/m0/s1. The molecule has 2 aromatic carbocycles. The minimum absolute atomic E-state index is 0.0994. The van der Waals surface area contributed by atoms with Gasteiger partial charge in [0.25, 0.3) is 0 Å². The molecular formula is C27H32N2O3. The normalized spacial score (nSPS) is 27.7. The molecule has 5 rings (SSSR count). The smallest absolute Gasteiger partial charge is 0.233 e. The fourth-order valence-electron chi connectivity index (χ4n) is 6.09. The molecule has 2 atom stereocenters. The quantitative estimate of drug-likeness (QED) is 0.803. The zero-order valence-electron chi connectivity index (χ0n) is 18.6. The predicted molar refractivity (Wildman–Crippen MR) is 123 cm³/mol. The summed E-state index contributed by atoms with van der Waals surface area (Å²) in [6, 6.07) is 20.6. The first-order valence-electron chi connectivity index (χ1n) is 11.9. The SMILES string of the molecule is O=C1CCCC[C@]2(CN(C(=O)C3(c4ccccc4)CCOCC3)C[C@H]2c2ccccc2)N1. The number of nitrogens with one attached hydrogen (secondary N) is 1. The molecule has 0 saturated carbocycles. The van der Waals surface area contributed by atoms with E-state index in [2.05, 4.69) is 41.7 Å². The Labute approximate surface area is 190 Å². The molecule has 32 heavy (non-hydrogen) atoms. The molecule has 3 aliphatic heterocycles. The van der Waals surface area contributed by atoms with Gasteiger partial charge in [-0.25, -0.2) is 0 Å². The highest BCUT2D eigenvalue weighted by Crippen LogP contribution is 2.44. The number of rotatable bonds is 3. The van der Waals surface area contributed by atoms with E-state index in [-0.39, 0.29) is 17.7 Å². The summed E-state index contributed by atoms with van der Waals surface area (Å²) in [6.07, 6.45) is 4.78. The minimum Gasteiger partial charge on any atom is -0.381 e. The molecule has 3 heterocycles. The van der Waals surface area contributed by atoms with Crippen LogP contribution in [0.4, 0.5) is 0 Å². The van der Waals surface area contributed by atoms with Crippen molar-refractivity contribution in [2.45, 2.75) is 55.4 Å². The van der Waals surface area contributed by atoms with E-state index in [1.165, 1.54) is 5.56 Å². The van der Waals surface area contributed by atoms with E-state index < -0.39 is 11.0 Å². The summed E-state index contributed by atoms with van der Waals surface area (Å²) < 4.78 is 5.66. The Morgan fingerprint density at radius 3 is 2.34 bits per heavy atom. The van der Waals surface area contributed by atoms with E-state index in [9.17, 15) is 9.59 Å². The third-order valence-corrected chi connectivity index (χ3v) is 7.78. The summed E-state index contributed by atoms with van der Waals surface area (Å²) in [5.74, 6) is 0.396. The Balaban J connectivity index is 1.52. The fraction of sp³-hybridized carbons (Fsp3) is 0.481. The van der Waals surface area contributed by atoms with Crippen molar-refractivity contribution in [3.05, 3.63) is 71.8 Å². The Bertz CT molecular complexity index is 955. The fourth-order valence-corrected chi connectivity index (χ4v) is 6.09. The largest absolute Gasteiger partial charge is 0.381 e. The molecule has 0 radical (unpaired) electrons. The van der Waals surface area contributed by atoms with Gasteiger partial charge in [-0.3, -0.25) is 9.59 Å². The molecule has 2 aromatic rings. The molecule has 3 fully saturated rings. The van der Waals surface area contributed by atoms with E-state index in [0.29, 0.717) is 45.6 Å². The van der Waals surface area contributed by atoms with Crippen molar-refractivity contribution >= 4 is 11.8 Å². The molecule has 168 valence electrons. The van der Waals surface area contributed by atoms with Crippen molar-refractivity contribution in [1.82, 2.24) is 10.2 Å². The lowest BCUT2D eigenvalue weighted by Gasteiger charge is -2.39. The number of carbonyl (C=O) groups is 2. The Morgan fingerprint density at radius 2 is 1.62 bits per heavy atom. The zero-order chi connectivity index (χ0) is 22.0. The van der Waals surface area contributed by atoms with E-state index >= 15 is 0 Å². The van der Waals surface area contributed by atoms with Crippen LogP contribution in [0.3, 0.4) is 0 Å². The summed E-state index contributed by atoms with van der Waals surface area (Å²) >= 11 is 0. The van der Waals surface area contributed by atoms with Gasteiger partial charge in [-0.1, -0.05) is 67.1 Å². The van der Waals surface area contributed by atoms with Gasteiger partial charge in [0.15, 0.2) is 0 Å². The average Bonchev–Trinajstić information content (AvgIpc) is 3.10. The molecule has 1 spiro atoms. The van der Waals surface area contributed by atoms with Gasteiger partial charge in [0, 0.05) is 38.6 Å². The molecule has 3 aliphatic rings. The van der Waals surface area contributed by atoms with Crippen molar-refractivity contribution in [1.29, 1.82) is 0 Å². The number of hydrogen-bond acceptors (Lipinski definition) is 3. The maximum Gasteiger partial charge on any atom is 0.233 e. The van der Waals surface area contributed by atoms with E-state index in [0.717, 1.165) is 24.8 Å². The number of amides is 2. The minimum atomic E-state index is -0.555. The van der Waals surface area contributed by atoms with Crippen LogP contribution < -0.4 is 5.32 Å². The molecule has 0 unspecified atom stereocenters.